The van der Waals surface area contributed by atoms with E-state index in [1.807, 2.05) is 24.3 Å². The van der Waals surface area contributed by atoms with Gasteiger partial charge in [-0.3, -0.25) is 9.36 Å². The lowest BCUT2D eigenvalue weighted by Gasteiger charge is -2.26. The highest BCUT2D eigenvalue weighted by Crippen LogP contribution is 2.23. The zero-order chi connectivity index (χ0) is 35.2. The van der Waals surface area contributed by atoms with Crippen LogP contribution in [0.2, 0.25) is 0 Å². The molecular formula is C35H34FN9O5S. The molecule has 51 heavy (non-hydrogen) atoms. The van der Waals surface area contributed by atoms with E-state index in [0.717, 1.165) is 43.6 Å². The Hall–Kier alpha value is -5.47. The van der Waals surface area contributed by atoms with E-state index < -0.39 is 21.4 Å². The minimum absolute atomic E-state index is 0.00570. The Kier molecular flexibility index (Phi) is 10.1. The number of sulfonamides is 1. The summed E-state index contributed by atoms with van der Waals surface area (Å²) in [6, 6.07) is 15.3. The number of anilines is 3. The zero-order valence-corrected chi connectivity index (χ0v) is 28.2. The van der Waals surface area contributed by atoms with Crippen LogP contribution in [0.4, 0.5) is 21.7 Å². The van der Waals surface area contributed by atoms with Gasteiger partial charge in [0.25, 0.3) is 15.6 Å². The van der Waals surface area contributed by atoms with Crippen LogP contribution in [0.25, 0.3) is 11.0 Å². The number of halogens is 1. The van der Waals surface area contributed by atoms with Crippen LogP contribution in [0.3, 0.4) is 0 Å². The number of pyridine rings is 1. The Balaban J connectivity index is 1.24. The highest BCUT2D eigenvalue weighted by atomic mass is 32.2. The molecular weight excluding hydrogens is 678 g/mol. The average Bonchev–Trinajstić information content (AvgIpc) is 3.16. The van der Waals surface area contributed by atoms with Gasteiger partial charge in [-0.15, -0.1) is 0 Å². The molecule has 0 saturated carbocycles. The second-order valence-electron chi connectivity index (χ2n) is 11.9. The molecule has 2 fully saturated rings. The van der Waals surface area contributed by atoms with Gasteiger partial charge in [0.1, 0.15) is 18.1 Å². The average molecular weight is 712 g/mol. The largest absolute Gasteiger partial charge is 0.404 e. The SMILES string of the molecule is O=c1c(C#COc2ccccc2F)cc2cnc(Nc3ccc(NC4CCCNC4)cc3)nc2n1Cc1cncnc1S(=O)(=O)N1CCOCC1. The molecule has 3 N–H and O–H groups in total. The van der Waals surface area contributed by atoms with Crippen molar-refractivity contribution in [2.75, 3.05) is 50.0 Å². The summed E-state index contributed by atoms with van der Waals surface area (Å²) in [6.07, 6.45) is 8.67. The molecule has 0 spiro atoms. The Labute approximate surface area is 293 Å². The molecule has 1 atom stereocenters. The lowest BCUT2D eigenvalue weighted by Crippen LogP contribution is -2.41. The minimum atomic E-state index is -4.05. The van der Waals surface area contributed by atoms with Gasteiger partial charge >= 0.3 is 0 Å². The Morgan fingerprint density at radius 2 is 1.86 bits per heavy atom. The number of rotatable bonds is 9. The van der Waals surface area contributed by atoms with Crippen molar-refractivity contribution in [2.24, 2.45) is 0 Å². The molecule has 2 aliphatic rings. The van der Waals surface area contributed by atoms with Gasteiger partial charge in [0.15, 0.2) is 16.6 Å². The first-order chi connectivity index (χ1) is 24.8. The maximum atomic E-state index is 14.1. The van der Waals surface area contributed by atoms with Gasteiger partial charge in [0, 0.05) is 60.4 Å². The fourth-order valence-corrected chi connectivity index (χ4v) is 7.38. The van der Waals surface area contributed by atoms with Gasteiger partial charge < -0.3 is 25.4 Å². The molecule has 2 saturated heterocycles. The van der Waals surface area contributed by atoms with E-state index in [1.165, 1.54) is 45.5 Å². The van der Waals surface area contributed by atoms with Gasteiger partial charge in [-0.1, -0.05) is 12.1 Å². The number of nitrogens with one attached hydrogen (secondary N) is 3. The zero-order valence-electron chi connectivity index (χ0n) is 27.4. The van der Waals surface area contributed by atoms with Crippen LogP contribution in [0.1, 0.15) is 24.0 Å². The van der Waals surface area contributed by atoms with Crippen LogP contribution in [-0.4, -0.2) is 82.7 Å². The molecule has 2 aromatic carbocycles. The molecule has 3 aromatic heterocycles. The predicted octanol–water partition coefficient (Wildman–Crippen LogP) is 3.09. The molecule has 1 unspecified atom stereocenters. The second-order valence-corrected chi connectivity index (χ2v) is 13.8. The Morgan fingerprint density at radius 3 is 2.65 bits per heavy atom. The van der Waals surface area contributed by atoms with Crippen LogP contribution in [-0.2, 0) is 21.3 Å². The standard InChI is InChI=1S/C35H34FN9O5S/c36-30-5-1-2-6-31(30)50-15-11-24-18-25-20-39-35(42-28-9-7-27(8-10-28)41-29-4-3-12-37-21-29)43-32(25)45(34(24)46)22-26-19-38-23-40-33(26)51(47,48)44-13-16-49-17-14-44/h1-2,5-10,18-20,23,29,37,41H,3-4,12-14,16-17,21-22H2,(H,39,42,43). The highest BCUT2D eigenvalue weighted by molar-refractivity contribution is 7.89. The molecule has 0 aliphatic carbocycles. The summed E-state index contributed by atoms with van der Waals surface area (Å²) in [7, 11) is -4.05. The van der Waals surface area contributed by atoms with E-state index in [9.17, 15) is 17.6 Å². The van der Waals surface area contributed by atoms with Crippen LogP contribution < -0.4 is 26.2 Å². The first-order valence-electron chi connectivity index (χ1n) is 16.4. The maximum absolute atomic E-state index is 14.1. The van der Waals surface area contributed by atoms with Crippen molar-refractivity contribution in [3.63, 3.8) is 0 Å². The number of ether oxygens (including phenoxy) is 2. The van der Waals surface area contributed by atoms with Crippen molar-refractivity contribution < 1.29 is 22.3 Å². The second kappa shape index (κ2) is 15.2. The summed E-state index contributed by atoms with van der Waals surface area (Å²) in [5.74, 6) is 2.17. The third-order valence-corrected chi connectivity index (χ3v) is 10.3. The third-order valence-electron chi connectivity index (χ3n) is 8.45. The monoisotopic (exact) mass is 711 g/mol. The lowest BCUT2D eigenvalue weighted by molar-refractivity contribution is 0.0729. The fourth-order valence-electron chi connectivity index (χ4n) is 5.88. The number of aromatic nitrogens is 5. The number of fused-ring (bicyclic) bond motifs is 1. The van der Waals surface area contributed by atoms with Crippen molar-refractivity contribution in [3.8, 4) is 17.8 Å². The topological polar surface area (TPSA) is 165 Å². The van der Waals surface area contributed by atoms with E-state index in [1.54, 1.807) is 6.07 Å². The number of para-hydroxylation sites is 1. The summed E-state index contributed by atoms with van der Waals surface area (Å²) >= 11 is 0. The molecule has 5 aromatic rings. The number of hydrogen-bond donors (Lipinski definition) is 3. The summed E-state index contributed by atoms with van der Waals surface area (Å²) in [6.45, 7) is 2.53. The Bertz CT molecular complexity index is 2260. The van der Waals surface area contributed by atoms with E-state index in [0.29, 0.717) is 11.4 Å². The number of benzene rings is 2. The van der Waals surface area contributed by atoms with Crippen molar-refractivity contribution in [1.82, 2.24) is 34.1 Å². The molecule has 16 heteroatoms. The summed E-state index contributed by atoms with van der Waals surface area (Å²) in [5, 5.41) is 10.3. The summed E-state index contributed by atoms with van der Waals surface area (Å²) in [4.78, 5) is 31.4. The van der Waals surface area contributed by atoms with Crippen molar-refractivity contribution in [3.05, 3.63) is 101 Å². The van der Waals surface area contributed by atoms with E-state index in [2.05, 4.69) is 47.9 Å². The smallest absolute Gasteiger partial charge is 0.268 e. The fraction of sp³-hybridized carbons (Fsp3) is 0.286. The van der Waals surface area contributed by atoms with E-state index >= 15 is 0 Å². The van der Waals surface area contributed by atoms with Crippen LogP contribution in [0.5, 0.6) is 5.75 Å². The predicted molar refractivity (Wildman–Crippen MR) is 188 cm³/mol. The normalized spacial score (nSPS) is 16.6. The van der Waals surface area contributed by atoms with E-state index in [4.69, 9.17) is 9.47 Å². The molecule has 5 heterocycles. The van der Waals surface area contributed by atoms with Gasteiger partial charge in [0.2, 0.25) is 5.95 Å². The Morgan fingerprint density at radius 1 is 1.06 bits per heavy atom. The molecule has 0 bridgehead atoms. The summed E-state index contributed by atoms with van der Waals surface area (Å²) in [5.41, 5.74) is 1.49. The molecule has 0 amide bonds. The molecule has 262 valence electrons. The first kappa shape index (κ1) is 34.0. The number of nitrogens with zero attached hydrogens (tertiary/aromatic N) is 6. The number of morpholine rings is 1. The van der Waals surface area contributed by atoms with Crippen molar-refractivity contribution in [2.45, 2.75) is 30.5 Å². The molecule has 14 nitrogen and oxygen atoms in total. The molecule has 7 rings (SSSR count). The van der Waals surface area contributed by atoms with Crippen molar-refractivity contribution in [1.29, 1.82) is 0 Å². The van der Waals surface area contributed by atoms with Gasteiger partial charge in [-0.25, -0.2) is 27.8 Å². The highest BCUT2D eigenvalue weighted by Gasteiger charge is 2.30. The number of hydrogen-bond acceptors (Lipinski definition) is 12. The number of piperidine rings is 1. The third kappa shape index (κ3) is 7.81. The van der Waals surface area contributed by atoms with Gasteiger partial charge in [0.05, 0.1) is 25.3 Å². The van der Waals surface area contributed by atoms with Crippen LogP contribution in [0, 0.1) is 17.8 Å². The maximum Gasteiger partial charge on any atom is 0.268 e. The van der Waals surface area contributed by atoms with Crippen molar-refractivity contribution >= 4 is 38.4 Å². The lowest BCUT2D eigenvalue weighted by atomic mass is 10.1. The van der Waals surface area contributed by atoms with Crippen LogP contribution in [0.15, 0.2) is 83.1 Å². The molecule has 0 radical (unpaired) electrons. The first-order valence-corrected chi connectivity index (χ1v) is 17.8. The minimum Gasteiger partial charge on any atom is -0.404 e. The van der Waals surface area contributed by atoms with Gasteiger partial charge in [-0.2, -0.15) is 9.29 Å². The van der Waals surface area contributed by atoms with E-state index in [-0.39, 0.29) is 66.3 Å². The molecule has 2 aliphatic heterocycles. The summed E-state index contributed by atoms with van der Waals surface area (Å²) < 4.78 is 54.7. The van der Waals surface area contributed by atoms with Crippen LogP contribution >= 0.6 is 0 Å². The quantitative estimate of drug-likeness (QED) is 0.151. The van der Waals surface area contributed by atoms with Gasteiger partial charge in [-0.05, 0) is 67.8 Å².